The minimum atomic E-state index is -0.272. The van der Waals surface area contributed by atoms with E-state index in [2.05, 4.69) is 35.3 Å². The van der Waals surface area contributed by atoms with Gasteiger partial charge >= 0.3 is 0 Å². The Morgan fingerprint density at radius 1 is 0.800 bits per heavy atom. The first kappa shape index (κ1) is 16.6. The normalized spacial score (nSPS) is 11.5. The quantitative estimate of drug-likeness (QED) is 0.404. The molecule has 0 fully saturated rings. The Bertz CT molecular complexity index is 1490. The number of hydrogen-bond acceptors (Lipinski definition) is 4. The predicted octanol–water partition coefficient (Wildman–Crippen LogP) is 4.70. The van der Waals surface area contributed by atoms with Gasteiger partial charge in [-0.25, -0.2) is 4.39 Å². The van der Waals surface area contributed by atoms with Gasteiger partial charge in [0.05, 0.1) is 35.0 Å². The van der Waals surface area contributed by atoms with Crippen LogP contribution < -0.4 is 0 Å². The standard InChI is InChI=1S/C22H14FN7/c23-14-3-1-12(2-4-14)21-15-8-19(28-17(15)5-6-24-21)22-16-7-18(13-9-26-27-10-13)25-11-20(16)29-30-22/h1-11,28H,(H,26,27)(H,29,30). The Morgan fingerprint density at radius 3 is 2.50 bits per heavy atom. The van der Waals surface area contributed by atoms with E-state index >= 15 is 0 Å². The van der Waals surface area contributed by atoms with Crippen molar-refractivity contribution in [2.45, 2.75) is 0 Å². The molecule has 0 atom stereocenters. The lowest BCUT2D eigenvalue weighted by Crippen LogP contribution is -1.84. The van der Waals surface area contributed by atoms with Crippen LogP contribution in [0.5, 0.6) is 0 Å². The van der Waals surface area contributed by atoms with E-state index in [4.69, 9.17) is 0 Å². The van der Waals surface area contributed by atoms with Crippen LogP contribution in [0, 0.1) is 5.82 Å². The molecule has 6 rings (SSSR count). The molecule has 1 aromatic carbocycles. The van der Waals surface area contributed by atoms with Crippen LogP contribution in [0.2, 0.25) is 0 Å². The maximum Gasteiger partial charge on any atom is 0.123 e. The number of nitrogens with zero attached hydrogens (tertiary/aromatic N) is 4. The van der Waals surface area contributed by atoms with Crippen molar-refractivity contribution < 1.29 is 4.39 Å². The van der Waals surface area contributed by atoms with Crippen molar-refractivity contribution in [1.82, 2.24) is 35.3 Å². The van der Waals surface area contributed by atoms with Gasteiger partial charge < -0.3 is 4.98 Å². The third-order valence-electron chi connectivity index (χ3n) is 5.16. The van der Waals surface area contributed by atoms with Gasteiger partial charge in [-0.3, -0.25) is 20.2 Å². The molecule has 30 heavy (non-hydrogen) atoms. The van der Waals surface area contributed by atoms with Gasteiger partial charge in [0.25, 0.3) is 0 Å². The molecule has 0 amide bonds. The largest absolute Gasteiger partial charge is 0.353 e. The van der Waals surface area contributed by atoms with E-state index in [1.165, 1.54) is 12.1 Å². The summed E-state index contributed by atoms with van der Waals surface area (Å²) in [5.41, 5.74) is 6.77. The van der Waals surface area contributed by atoms with Gasteiger partial charge in [-0.1, -0.05) is 0 Å². The van der Waals surface area contributed by atoms with Crippen LogP contribution in [-0.2, 0) is 0 Å². The number of aromatic nitrogens is 7. The highest BCUT2D eigenvalue weighted by atomic mass is 19.1. The van der Waals surface area contributed by atoms with Crippen LogP contribution in [0.25, 0.3) is 55.7 Å². The molecule has 0 saturated carbocycles. The van der Waals surface area contributed by atoms with Gasteiger partial charge in [-0.05, 0) is 42.5 Å². The number of hydrogen-bond donors (Lipinski definition) is 3. The van der Waals surface area contributed by atoms with Gasteiger partial charge in [0.2, 0.25) is 0 Å². The number of nitrogens with one attached hydrogen (secondary N) is 3. The smallest absolute Gasteiger partial charge is 0.123 e. The van der Waals surface area contributed by atoms with Gasteiger partial charge in [0.15, 0.2) is 0 Å². The second kappa shape index (κ2) is 6.35. The molecule has 0 aliphatic rings. The molecule has 0 unspecified atom stereocenters. The Kier molecular flexibility index (Phi) is 3.51. The zero-order valence-electron chi connectivity index (χ0n) is 15.5. The van der Waals surface area contributed by atoms with Crippen LogP contribution >= 0.6 is 0 Å². The van der Waals surface area contributed by atoms with E-state index in [-0.39, 0.29) is 5.82 Å². The number of H-pyrrole nitrogens is 3. The van der Waals surface area contributed by atoms with Crippen molar-refractivity contribution in [3.63, 3.8) is 0 Å². The second-order valence-corrected chi connectivity index (χ2v) is 6.99. The number of fused-ring (bicyclic) bond motifs is 2. The average molecular weight is 395 g/mol. The third kappa shape index (κ3) is 2.58. The molecule has 3 N–H and O–H groups in total. The minimum Gasteiger partial charge on any atom is -0.353 e. The van der Waals surface area contributed by atoms with Gasteiger partial charge in [0, 0.05) is 39.8 Å². The molecular formula is C22H14FN7. The first-order valence-electron chi connectivity index (χ1n) is 9.33. The summed E-state index contributed by atoms with van der Waals surface area (Å²) in [6, 6.07) is 12.3. The van der Waals surface area contributed by atoms with Crippen molar-refractivity contribution in [2.75, 3.05) is 0 Å². The summed E-state index contributed by atoms with van der Waals surface area (Å²) in [6.07, 6.45) is 7.04. The van der Waals surface area contributed by atoms with Gasteiger partial charge in [-0.15, -0.1) is 0 Å². The fourth-order valence-corrected chi connectivity index (χ4v) is 3.69. The molecule has 6 aromatic rings. The van der Waals surface area contributed by atoms with E-state index in [9.17, 15) is 4.39 Å². The molecule has 8 heteroatoms. The van der Waals surface area contributed by atoms with E-state index < -0.39 is 0 Å². The molecule has 0 bridgehead atoms. The lowest BCUT2D eigenvalue weighted by atomic mass is 10.1. The summed E-state index contributed by atoms with van der Waals surface area (Å²) in [4.78, 5) is 12.4. The van der Waals surface area contributed by atoms with Crippen LogP contribution in [0.3, 0.4) is 0 Å². The molecule has 0 aliphatic heterocycles. The Hall–Kier alpha value is -4.33. The van der Waals surface area contributed by atoms with Crippen LogP contribution in [0.1, 0.15) is 0 Å². The summed E-state index contributed by atoms with van der Waals surface area (Å²) in [7, 11) is 0. The van der Waals surface area contributed by atoms with Crippen molar-refractivity contribution >= 4 is 21.8 Å². The zero-order chi connectivity index (χ0) is 20.1. The van der Waals surface area contributed by atoms with E-state index in [1.54, 1.807) is 36.9 Å². The lowest BCUT2D eigenvalue weighted by Gasteiger charge is -2.02. The van der Waals surface area contributed by atoms with E-state index in [0.717, 1.165) is 55.7 Å². The van der Waals surface area contributed by atoms with Crippen LogP contribution in [-0.4, -0.2) is 35.3 Å². The molecule has 5 aromatic heterocycles. The Morgan fingerprint density at radius 2 is 1.67 bits per heavy atom. The summed E-state index contributed by atoms with van der Waals surface area (Å²) >= 11 is 0. The Labute approximate surface area is 169 Å². The fourth-order valence-electron chi connectivity index (χ4n) is 3.69. The fraction of sp³-hybridized carbons (Fsp3) is 0. The monoisotopic (exact) mass is 395 g/mol. The molecule has 0 spiro atoms. The molecule has 0 radical (unpaired) electrons. The van der Waals surface area contributed by atoms with Gasteiger partial charge in [0.1, 0.15) is 11.5 Å². The molecule has 7 nitrogen and oxygen atoms in total. The minimum absolute atomic E-state index is 0.272. The van der Waals surface area contributed by atoms with Crippen molar-refractivity contribution in [1.29, 1.82) is 0 Å². The van der Waals surface area contributed by atoms with Crippen LogP contribution in [0.15, 0.2) is 67.3 Å². The topological polar surface area (TPSA) is 98.9 Å². The zero-order valence-corrected chi connectivity index (χ0v) is 15.5. The van der Waals surface area contributed by atoms with Crippen molar-refractivity contribution in [3.05, 3.63) is 73.1 Å². The summed E-state index contributed by atoms with van der Waals surface area (Å²) < 4.78 is 13.3. The maximum absolute atomic E-state index is 13.3. The van der Waals surface area contributed by atoms with E-state index in [0.29, 0.717) is 0 Å². The van der Waals surface area contributed by atoms with Crippen molar-refractivity contribution in [3.8, 4) is 33.9 Å². The number of halogens is 1. The summed E-state index contributed by atoms with van der Waals surface area (Å²) in [6.45, 7) is 0. The van der Waals surface area contributed by atoms with E-state index in [1.807, 2.05) is 18.2 Å². The highest BCUT2D eigenvalue weighted by Crippen LogP contribution is 2.33. The average Bonchev–Trinajstić information content (AvgIpc) is 3.52. The number of rotatable bonds is 3. The third-order valence-corrected chi connectivity index (χ3v) is 5.16. The second-order valence-electron chi connectivity index (χ2n) is 6.99. The number of aromatic amines is 3. The Balaban J connectivity index is 1.52. The maximum atomic E-state index is 13.3. The highest BCUT2D eigenvalue weighted by Gasteiger charge is 2.15. The highest BCUT2D eigenvalue weighted by molar-refractivity contribution is 6.00. The molecule has 0 aliphatic carbocycles. The number of pyridine rings is 2. The molecular weight excluding hydrogens is 381 g/mol. The predicted molar refractivity (Wildman–Crippen MR) is 112 cm³/mol. The van der Waals surface area contributed by atoms with Crippen LogP contribution in [0.4, 0.5) is 4.39 Å². The summed E-state index contributed by atoms with van der Waals surface area (Å²) in [5.74, 6) is -0.272. The molecule has 0 saturated heterocycles. The first-order valence-corrected chi connectivity index (χ1v) is 9.33. The van der Waals surface area contributed by atoms with Crippen molar-refractivity contribution in [2.24, 2.45) is 0 Å². The molecule has 5 heterocycles. The number of benzene rings is 1. The van der Waals surface area contributed by atoms with Gasteiger partial charge in [-0.2, -0.15) is 10.2 Å². The summed E-state index contributed by atoms with van der Waals surface area (Å²) in [5, 5.41) is 16.2. The lowest BCUT2D eigenvalue weighted by molar-refractivity contribution is 0.628. The SMILES string of the molecule is Fc1ccc(-c2nccc3[nH]c(-c4n[nH]c5cnc(-c6cn[nH]c6)cc45)cc23)cc1. The molecule has 144 valence electrons. The first-order chi connectivity index (χ1) is 14.8.